The van der Waals surface area contributed by atoms with Gasteiger partial charge in [-0.2, -0.15) is 0 Å². The highest BCUT2D eigenvalue weighted by Crippen LogP contribution is 2.43. The van der Waals surface area contributed by atoms with Crippen LogP contribution in [-0.4, -0.2) is 76.9 Å². The van der Waals surface area contributed by atoms with Gasteiger partial charge >= 0.3 is 19.8 Å². The van der Waals surface area contributed by atoms with E-state index >= 15 is 0 Å². The molecule has 0 aromatic rings. The predicted molar refractivity (Wildman–Crippen MR) is 243 cm³/mol. The minimum atomic E-state index is -4.69. The SMILES string of the molecule is CC/C=C\C/C=C\C/C=C\C/C=C\C/C=C\C=C/C(O)CCC(=O)OC[C@H](COP(=O)(O)OC[C@@H](O)CO)OC(=O)CCCCCC/C=C\C/C=C\C/C=C\CCCCC. The molecule has 4 N–H and O–H groups in total. The fraction of sp³-hybridized carbons (Fsp3) is 0.583. The molecule has 0 rings (SSSR count). The first-order chi connectivity index (χ1) is 29.1. The molecule has 60 heavy (non-hydrogen) atoms. The van der Waals surface area contributed by atoms with Gasteiger partial charge in [0.1, 0.15) is 12.7 Å². The molecule has 0 spiro atoms. The van der Waals surface area contributed by atoms with E-state index in [0.717, 1.165) is 77.0 Å². The van der Waals surface area contributed by atoms with Crippen LogP contribution in [0.4, 0.5) is 0 Å². The lowest BCUT2D eigenvalue weighted by molar-refractivity contribution is -0.161. The molecule has 340 valence electrons. The highest BCUT2D eigenvalue weighted by molar-refractivity contribution is 7.47. The first kappa shape index (κ1) is 56.6. The number of ether oxygens (including phenoxy) is 2. The van der Waals surface area contributed by atoms with Crippen LogP contribution in [0.15, 0.2) is 109 Å². The Bertz CT molecular complexity index is 1380. The molecule has 11 nitrogen and oxygen atoms in total. The monoisotopic (exact) mass is 861 g/mol. The van der Waals surface area contributed by atoms with Gasteiger partial charge < -0.3 is 29.7 Å². The van der Waals surface area contributed by atoms with E-state index < -0.39 is 64.5 Å². The second-order valence-electron chi connectivity index (χ2n) is 14.2. The second kappa shape index (κ2) is 42.3. The molecule has 0 radical (unpaired) electrons. The van der Waals surface area contributed by atoms with E-state index in [1.165, 1.54) is 19.3 Å². The van der Waals surface area contributed by atoms with Crippen LogP contribution in [0, 0.1) is 0 Å². The second-order valence-corrected chi connectivity index (χ2v) is 15.6. The molecule has 0 heterocycles. The van der Waals surface area contributed by atoms with Gasteiger partial charge in [-0.25, -0.2) is 4.57 Å². The molecule has 0 fully saturated rings. The van der Waals surface area contributed by atoms with Crippen molar-refractivity contribution in [1.29, 1.82) is 0 Å². The van der Waals surface area contributed by atoms with E-state index in [2.05, 4.69) is 103 Å². The molecule has 0 aliphatic carbocycles. The zero-order valence-corrected chi connectivity index (χ0v) is 37.4. The van der Waals surface area contributed by atoms with Crippen LogP contribution in [0.1, 0.15) is 136 Å². The van der Waals surface area contributed by atoms with Crippen molar-refractivity contribution < 1.29 is 52.9 Å². The Morgan fingerprint density at radius 2 is 1.10 bits per heavy atom. The summed E-state index contributed by atoms with van der Waals surface area (Å²) in [6, 6.07) is 0. The summed E-state index contributed by atoms with van der Waals surface area (Å²) < 4.78 is 32.5. The Balaban J connectivity index is 4.59. The number of phosphoric ester groups is 1. The molecule has 0 saturated heterocycles. The molecule has 0 aromatic carbocycles. The quantitative estimate of drug-likeness (QED) is 0.0153. The van der Waals surface area contributed by atoms with Crippen LogP contribution in [0.25, 0.3) is 0 Å². The molecule has 0 aliphatic rings. The maximum Gasteiger partial charge on any atom is 0.472 e. The van der Waals surface area contributed by atoms with Gasteiger partial charge in [0.2, 0.25) is 0 Å². The van der Waals surface area contributed by atoms with Gasteiger partial charge in [0.25, 0.3) is 0 Å². The average molecular weight is 861 g/mol. The van der Waals surface area contributed by atoms with E-state index in [0.29, 0.717) is 6.42 Å². The first-order valence-electron chi connectivity index (χ1n) is 22.0. The number of hydrogen-bond acceptors (Lipinski definition) is 10. The number of hydrogen-bond donors (Lipinski definition) is 4. The topological polar surface area (TPSA) is 169 Å². The zero-order valence-electron chi connectivity index (χ0n) is 36.5. The lowest BCUT2D eigenvalue weighted by atomic mass is 10.1. The number of allylic oxidation sites excluding steroid dienone is 17. The number of carbonyl (C=O) groups excluding carboxylic acids is 2. The Morgan fingerprint density at radius 1 is 0.583 bits per heavy atom. The van der Waals surface area contributed by atoms with Crippen molar-refractivity contribution in [2.75, 3.05) is 26.4 Å². The van der Waals surface area contributed by atoms with Crippen LogP contribution >= 0.6 is 7.82 Å². The van der Waals surface area contributed by atoms with Crippen LogP contribution in [0.3, 0.4) is 0 Å². The van der Waals surface area contributed by atoms with Crippen LogP contribution in [-0.2, 0) is 32.7 Å². The summed E-state index contributed by atoms with van der Waals surface area (Å²) in [5.74, 6) is -1.24. The number of aliphatic hydroxyl groups excluding tert-OH is 3. The molecule has 2 unspecified atom stereocenters. The Labute approximate surface area is 361 Å². The summed E-state index contributed by atoms with van der Waals surface area (Å²) in [6.45, 7) is 1.91. The summed E-state index contributed by atoms with van der Waals surface area (Å²) in [5, 5.41) is 28.6. The van der Waals surface area contributed by atoms with Gasteiger partial charge in [0.05, 0.1) is 25.9 Å². The molecule has 0 aliphatic heterocycles. The first-order valence-corrected chi connectivity index (χ1v) is 23.4. The summed E-state index contributed by atoms with van der Waals surface area (Å²) in [5.41, 5.74) is 0. The number of carbonyl (C=O) groups is 2. The molecule has 0 aromatic heterocycles. The maximum atomic E-state index is 12.6. The lowest BCUT2D eigenvalue weighted by Gasteiger charge is -2.20. The summed E-state index contributed by atoms with van der Waals surface area (Å²) in [4.78, 5) is 35.0. The Morgan fingerprint density at radius 3 is 1.67 bits per heavy atom. The maximum absolute atomic E-state index is 12.6. The normalized spacial score (nSPS) is 15.4. The third kappa shape index (κ3) is 41.3. The van der Waals surface area contributed by atoms with Crippen molar-refractivity contribution in [2.24, 2.45) is 0 Å². The molecule has 12 heteroatoms. The van der Waals surface area contributed by atoms with Crippen molar-refractivity contribution in [3.05, 3.63) is 109 Å². The molecular formula is C48H77O11P. The smallest absolute Gasteiger partial charge is 0.462 e. The minimum Gasteiger partial charge on any atom is -0.462 e. The van der Waals surface area contributed by atoms with E-state index in [4.69, 9.17) is 19.1 Å². The van der Waals surface area contributed by atoms with E-state index in [-0.39, 0.29) is 19.3 Å². The number of rotatable bonds is 39. The minimum absolute atomic E-state index is 0.0951. The highest BCUT2D eigenvalue weighted by atomic mass is 31.2. The standard InChI is InChI=1S/C48H77O11P/c1-3-5-7-9-11-13-15-17-19-21-23-25-27-29-31-33-35-37-48(53)59-46(43-58-60(54,55)57-41-45(51)40-49)42-56-47(52)39-38-44(50)36-34-32-30-28-26-24-22-20-18-16-14-12-10-8-6-4-2/h6,8,11-14,17-20,23-26,30,32,34,36,44-46,49-51H,3-5,7,9-10,15-16,21-22,27-29,31,33,35,37-43H2,1-2H3,(H,54,55)/b8-6-,13-11-,14-12-,19-17-,20-18-,25-23-,26-24-,32-30-,36-34-/t44?,45-,46+/m0/s1. The van der Waals surface area contributed by atoms with Gasteiger partial charge in [-0.3, -0.25) is 18.6 Å². The van der Waals surface area contributed by atoms with E-state index in [1.807, 2.05) is 12.2 Å². The van der Waals surface area contributed by atoms with Gasteiger partial charge in [-0.05, 0) is 83.5 Å². The number of aliphatic hydroxyl groups is 3. The Hall–Kier alpha value is -3.41. The molecule has 0 amide bonds. The van der Waals surface area contributed by atoms with E-state index in [1.54, 1.807) is 12.2 Å². The predicted octanol–water partition coefficient (Wildman–Crippen LogP) is 10.7. The van der Waals surface area contributed by atoms with Crippen molar-refractivity contribution in [2.45, 2.75) is 154 Å². The molecule has 4 atom stereocenters. The fourth-order valence-corrected chi connectivity index (χ4v) is 5.90. The highest BCUT2D eigenvalue weighted by Gasteiger charge is 2.27. The van der Waals surface area contributed by atoms with Crippen molar-refractivity contribution in [3.63, 3.8) is 0 Å². The van der Waals surface area contributed by atoms with Crippen molar-refractivity contribution >= 4 is 19.8 Å². The van der Waals surface area contributed by atoms with Gasteiger partial charge in [0, 0.05) is 12.8 Å². The molecule has 0 saturated carbocycles. The number of phosphoric acid groups is 1. The number of unbranched alkanes of at least 4 members (excludes halogenated alkanes) is 7. The fourth-order valence-electron chi connectivity index (χ4n) is 5.11. The van der Waals surface area contributed by atoms with Crippen LogP contribution < -0.4 is 0 Å². The van der Waals surface area contributed by atoms with Crippen molar-refractivity contribution in [1.82, 2.24) is 0 Å². The van der Waals surface area contributed by atoms with Crippen LogP contribution in [0.2, 0.25) is 0 Å². The lowest BCUT2D eigenvalue weighted by Crippen LogP contribution is -2.30. The zero-order chi connectivity index (χ0) is 44.2. The van der Waals surface area contributed by atoms with E-state index in [9.17, 15) is 29.3 Å². The third-order valence-electron chi connectivity index (χ3n) is 8.53. The summed E-state index contributed by atoms with van der Waals surface area (Å²) >= 11 is 0. The van der Waals surface area contributed by atoms with Crippen molar-refractivity contribution in [3.8, 4) is 0 Å². The van der Waals surface area contributed by atoms with Crippen LogP contribution in [0.5, 0.6) is 0 Å². The Kier molecular flexibility index (Phi) is 39.9. The molecule has 0 bridgehead atoms. The van der Waals surface area contributed by atoms with Gasteiger partial charge in [-0.1, -0.05) is 149 Å². The van der Waals surface area contributed by atoms with Gasteiger partial charge in [-0.15, -0.1) is 0 Å². The third-order valence-corrected chi connectivity index (χ3v) is 9.48. The van der Waals surface area contributed by atoms with Gasteiger partial charge in [0.15, 0.2) is 6.10 Å². The largest absolute Gasteiger partial charge is 0.472 e. The summed E-state index contributed by atoms with van der Waals surface area (Å²) in [6.07, 6.45) is 49.5. The number of esters is 2. The average Bonchev–Trinajstić information content (AvgIpc) is 3.23. The summed E-state index contributed by atoms with van der Waals surface area (Å²) in [7, 11) is -4.69. The molecular weight excluding hydrogens is 783 g/mol.